The molecular formula is C15H23F2N3. The fraction of sp³-hybridized carbons (Fsp3) is 0.600. The van der Waals surface area contributed by atoms with Crippen molar-refractivity contribution in [1.29, 1.82) is 0 Å². The van der Waals surface area contributed by atoms with Gasteiger partial charge in [-0.15, -0.1) is 0 Å². The zero-order valence-corrected chi connectivity index (χ0v) is 12.4. The van der Waals surface area contributed by atoms with Gasteiger partial charge >= 0.3 is 0 Å². The second-order valence-corrected chi connectivity index (χ2v) is 5.60. The summed E-state index contributed by atoms with van der Waals surface area (Å²) < 4.78 is 28.3. The minimum atomic E-state index is -0.488. The van der Waals surface area contributed by atoms with Gasteiger partial charge in [0.1, 0.15) is 17.3 Å². The van der Waals surface area contributed by atoms with Crippen molar-refractivity contribution in [2.24, 2.45) is 0 Å². The maximum absolute atomic E-state index is 14.1. The molecule has 1 heterocycles. The van der Waals surface area contributed by atoms with Crippen LogP contribution in [-0.4, -0.2) is 45.2 Å². The lowest BCUT2D eigenvalue weighted by Crippen LogP contribution is -2.37. The molecule has 0 aliphatic carbocycles. The number of hydrogen-bond donors (Lipinski definition) is 1. The smallest absolute Gasteiger partial charge is 0.149 e. The molecule has 1 fully saturated rings. The molecule has 5 heteroatoms. The first kappa shape index (κ1) is 15.2. The first-order chi connectivity index (χ1) is 9.52. The molecule has 20 heavy (non-hydrogen) atoms. The minimum Gasteiger partial charge on any atom is -0.368 e. The Morgan fingerprint density at radius 1 is 1.35 bits per heavy atom. The van der Waals surface area contributed by atoms with E-state index < -0.39 is 11.6 Å². The average Bonchev–Trinajstić information content (AvgIpc) is 2.74. The van der Waals surface area contributed by atoms with Crippen LogP contribution in [0.3, 0.4) is 0 Å². The van der Waals surface area contributed by atoms with Gasteiger partial charge in [-0.25, -0.2) is 8.78 Å². The largest absolute Gasteiger partial charge is 0.368 e. The summed E-state index contributed by atoms with van der Waals surface area (Å²) in [6.45, 7) is 2.17. The first-order valence-corrected chi connectivity index (χ1v) is 7.06. The zero-order chi connectivity index (χ0) is 14.7. The molecule has 1 aliphatic rings. The molecule has 1 saturated heterocycles. The lowest BCUT2D eigenvalue weighted by molar-refractivity contribution is 0.313. The molecule has 0 amide bonds. The normalized spacial score (nSPS) is 19.6. The summed E-state index contributed by atoms with van der Waals surface area (Å²) in [6.07, 6.45) is 2.24. The molecule has 112 valence electrons. The molecule has 1 N–H and O–H groups in total. The zero-order valence-electron chi connectivity index (χ0n) is 12.4. The molecule has 0 bridgehead atoms. The molecule has 0 aromatic heterocycles. The minimum absolute atomic E-state index is 0.0742. The second kappa shape index (κ2) is 6.50. The van der Waals surface area contributed by atoms with Crippen LogP contribution in [-0.2, 0) is 6.54 Å². The molecule has 0 radical (unpaired) electrons. The van der Waals surface area contributed by atoms with Crippen LogP contribution in [0.4, 0.5) is 14.5 Å². The van der Waals surface area contributed by atoms with Crippen LogP contribution >= 0.6 is 0 Å². The number of likely N-dealkylation sites (N-methyl/N-ethyl adjacent to an activating group) is 2. The number of anilines is 1. The molecular weight excluding hydrogens is 260 g/mol. The van der Waals surface area contributed by atoms with Crippen LogP contribution in [0.15, 0.2) is 12.1 Å². The van der Waals surface area contributed by atoms with E-state index in [4.69, 9.17) is 0 Å². The van der Waals surface area contributed by atoms with Gasteiger partial charge in [0.15, 0.2) is 0 Å². The highest BCUT2D eigenvalue weighted by molar-refractivity contribution is 5.50. The Kier molecular flexibility index (Phi) is 4.94. The summed E-state index contributed by atoms with van der Waals surface area (Å²) in [5.41, 5.74) is 0.697. The third-order valence-corrected chi connectivity index (χ3v) is 4.00. The summed E-state index contributed by atoms with van der Waals surface area (Å²) in [5.74, 6) is -0.975. The number of rotatable bonds is 5. The quantitative estimate of drug-likeness (QED) is 0.894. The molecule has 3 nitrogen and oxygen atoms in total. The van der Waals surface area contributed by atoms with Crippen molar-refractivity contribution >= 4 is 5.69 Å². The number of nitrogens with zero attached hydrogens (tertiary/aromatic N) is 2. The van der Waals surface area contributed by atoms with Gasteiger partial charge < -0.3 is 15.1 Å². The van der Waals surface area contributed by atoms with Crippen LogP contribution in [0, 0.1) is 11.6 Å². The van der Waals surface area contributed by atoms with Gasteiger partial charge in [0, 0.05) is 26.2 Å². The summed E-state index contributed by atoms with van der Waals surface area (Å²) in [6, 6.07) is 3.18. The fourth-order valence-corrected chi connectivity index (χ4v) is 2.91. The van der Waals surface area contributed by atoms with Crippen molar-refractivity contribution in [2.45, 2.75) is 25.4 Å². The summed E-state index contributed by atoms with van der Waals surface area (Å²) in [5, 5.41) is 2.90. The van der Waals surface area contributed by atoms with Crippen molar-refractivity contribution in [3.63, 3.8) is 0 Å². The SMILES string of the molecule is CNCc1cc(F)c(N(C)CC2CCCN2C)c(F)c1. The highest BCUT2D eigenvalue weighted by Gasteiger charge is 2.24. The summed E-state index contributed by atoms with van der Waals surface area (Å²) in [7, 11) is 5.57. The number of halogens is 2. The third kappa shape index (κ3) is 3.27. The molecule has 1 atom stereocenters. The molecule has 2 rings (SSSR count). The van der Waals surface area contributed by atoms with Crippen molar-refractivity contribution in [3.8, 4) is 0 Å². The topological polar surface area (TPSA) is 18.5 Å². The van der Waals surface area contributed by atoms with E-state index in [-0.39, 0.29) is 5.69 Å². The Morgan fingerprint density at radius 2 is 2.00 bits per heavy atom. The molecule has 1 unspecified atom stereocenters. The lowest BCUT2D eigenvalue weighted by Gasteiger charge is -2.28. The van der Waals surface area contributed by atoms with E-state index in [1.54, 1.807) is 19.0 Å². The van der Waals surface area contributed by atoms with Crippen LogP contribution in [0.5, 0.6) is 0 Å². The standard InChI is InChI=1S/C15H23F2N3/c1-18-9-11-7-13(16)15(14(17)8-11)20(3)10-12-5-4-6-19(12)2/h7-8,12,18H,4-6,9-10H2,1-3H3. The predicted molar refractivity (Wildman–Crippen MR) is 78.0 cm³/mol. The third-order valence-electron chi connectivity index (χ3n) is 4.00. The van der Waals surface area contributed by atoms with E-state index in [1.807, 2.05) is 0 Å². The molecule has 0 spiro atoms. The van der Waals surface area contributed by atoms with Crippen LogP contribution in [0.2, 0.25) is 0 Å². The lowest BCUT2D eigenvalue weighted by atomic mass is 10.1. The van der Waals surface area contributed by atoms with Gasteiger partial charge in [0.05, 0.1) is 0 Å². The number of likely N-dealkylation sites (tertiary alicyclic amines) is 1. The van der Waals surface area contributed by atoms with E-state index in [9.17, 15) is 8.78 Å². The number of benzene rings is 1. The molecule has 0 saturated carbocycles. The average molecular weight is 283 g/mol. The van der Waals surface area contributed by atoms with Crippen molar-refractivity contribution in [2.75, 3.05) is 39.1 Å². The summed E-state index contributed by atoms with van der Waals surface area (Å²) in [4.78, 5) is 3.95. The van der Waals surface area contributed by atoms with Gasteiger partial charge in [0.2, 0.25) is 0 Å². The van der Waals surface area contributed by atoms with Gasteiger partial charge in [-0.1, -0.05) is 0 Å². The number of nitrogens with one attached hydrogen (secondary N) is 1. The Hall–Kier alpha value is -1.20. The van der Waals surface area contributed by atoms with Crippen molar-refractivity contribution in [3.05, 3.63) is 29.3 Å². The second-order valence-electron chi connectivity index (χ2n) is 5.60. The van der Waals surface area contributed by atoms with Crippen LogP contribution < -0.4 is 10.2 Å². The van der Waals surface area contributed by atoms with Gasteiger partial charge in [-0.05, 0) is 51.2 Å². The van der Waals surface area contributed by atoms with Gasteiger partial charge in [-0.2, -0.15) is 0 Å². The van der Waals surface area contributed by atoms with Crippen LogP contribution in [0.1, 0.15) is 18.4 Å². The van der Waals surface area contributed by atoms with E-state index in [0.29, 0.717) is 24.7 Å². The Balaban J connectivity index is 2.14. The summed E-state index contributed by atoms with van der Waals surface area (Å²) >= 11 is 0. The predicted octanol–water partition coefficient (Wildman–Crippen LogP) is 2.21. The molecule has 1 aliphatic heterocycles. The van der Waals surface area contributed by atoms with E-state index in [2.05, 4.69) is 17.3 Å². The maximum Gasteiger partial charge on any atom is 0.149 e. The van der Waals surface area contributed by atoms with E-state index in [0.717, 1.165) is 19.4 Å². The molecule has 1 aromatic rings. The van der Waals surface area contributed by atoms with Crippen LogP contribution in [0.25, 0.3) is 0 Å². The van der Waals surface area contributed by atoms with Gasteiger partial charge in [-0.3, -0.25) is 0 Å². The Labute approximate surface area is 119 Å². The fourth-order valence-electron chi connectivity index (χ4n) is 2.91. The highest BCUT2D eigenvalue weighted by Crippen LogP contribution is 2.26. The highest BCUT2D eigenvalue weighted by atomic mass is 19.1. The van der Waals surface area contributed by atoms with Crippen molar-refractivity contribution in [1.82, 2.24) is 10.2 Å². The van der Waals surface area contributed by atoms with Gasteiger partial charge in [0.25, 0.3) is 0 Å². The monoisotopic (exact) mass is 283 g/mol. The van der Waals surface area contributed by atoms with Crippen molar-refractivity contribution < 1.29 is 8.78 Å². The Morgan fingerprint density at radius 3 is 2.50 bits per heavy atom. The number of hydrogen-bond acceptors (Lipinski definition) is 3. The molecule has 1 aromatic carbocycles. The van der Waals surface area contributed by atoms with E-state index >= 15 is 0 Å². The van der Waals surface area contributed by atoms with E-state index in [1.165, 1.54) is 12.1 Å². The first-order valence-electron chi connectivity index (χ1n) is 7.06. The maximum atomic E-state index is 14.1. The Bertz CT molecular complexity index is 441.